The lowest BCUT2D eigenvalue weighted by Gasteiger charge is -2.09. The van der Waals surface area contributed by atoms with E-state index in [1.54, 1.807) is 31.2 Å². The van der Waals surface area contributed by atoms with Gasteiger partial charge in [0.15, 0.2) is 5.52 Å². The summed E-state index contributed by atoms with van der Waals surface area (Å²) in [6.45, 7) is 1.66. The molecular weight excluding hydrogens is 287 g/mol. The third-order valence-electron chi connectivity index (χ3n) is 3.26. The molecule has 0 bridgehead atoms. The third-order valence-corrected chi connectivity index (χ3v) is 3.26. The number of fused-ring (bicyclic) bond motifs is 1. The molecule has 0 amide bonds. The van der Waals surface area contributed by atoms with Crippen LogP contribution in [0.25, 0.3) is 10.9 Å². The first-order valence-electron chi connectivity index (χ1n) is 6.47. The van der Waals surface area contributed by atoms with Gasteiger partial charge in [-0.25, -0.2) is 14.4 Å². The van der Waals surface area contributed by atoms with Crippen molar-refractivity contribution in [2.24, 2.45) is 0 Å². The molecule has 0 aliphatic heterocycles. The molecule has 0 saturated carbocycles. The maximum absolute atomic E-state index is 13.3. The minimum atomic E-state index is -0.485. The predicted molar refractivity (Wildman–Crippen MR) is 80.6 cm³/mol. The molecule has 3 aromatic rings. The Morgan fingerprint density at radius 1 is 1.23 bits per heavy atom. The van der Waals surface area contributed by atoms with Gasteiger partial charge in [0.1, 0.15) is 18.0 Å². The van der Waals surface area contributed by atoms with Crippen molar-refractivity contribution in [3.63, 3.8) is 0 Å². The number of hydrogen-bond donors (Lipinski definition) is 1. The van der Waals surface area contributed by atoms with E-state index in [0.29, 0.717) is 22.5 Å². The van der Waals surface area contributed by atoms with E-state index in [2.05, 4.69) is 15.3 Å². The highest BCUT2D eigenvalue weighted by molar-refractivity contribution is 5.95. The Balaban J connectivity index is 2.09. The number of rotatable bonds is 3. The van der Waals surface area contributed by atoms with Crippen molar-refractivity contribution in [3.05, 3.63) is 64.2 Å². The predicted octanol–water partition coefficient (Wildman–Crippen LogP) is 3.73. The molecule has 0 atom stereocenters. The second-order valence-corrected chi connectivity index (χ2v) is 4.74. The Morgan fingerprint density at radius 2 is 2.05 bits per heavy atom. The van der Waals surface area contributed by atoms with Crippen molar-refractivity contribution in [2.45, 2.75) is 6.92 Å². The Labute approximate surface area is 124 Å². The summed E-state index contributed by atoms with van der Waals surface area (Å²) in [5, 5.41) is 14.6. The van der Waals surface area contributed by atoms with Crippen LogP contribution in [-0.4, -0.2) is 14.9 Å². The number of anilines is 2. The zero-order chi connectivity index (χ0) is 15.7. The standard InChI is InChI=1S/C15H11FN4O2/c1-9-7-10(5-6-12(9)16)19-15-11-3-2-4-13(20(21)22)14(11)17-8-18-15/h2-8H,1H3,(H,17,18,19). The fourth-order valence-electron chi connectivity index (χ4n) is 2.18. The van der Waals surface area contributed by atoms with Gasteiger partial charge in [-0.05, 0) is 36.8 Å². The van der Waals surface area contributed by atoms with Crippen LogP contribution in [0.15, 0.2) is 42.7 Å². The number of nitro groups is 1. The van der Waals surface area contributed by atoms with Crippen molar-refractivity contribution in [1.82, 2.24) is 9.97 Å². The van der Waals surface area contributed by atoms with Crippen LogP contribution in [-0.2, 0) is 0 Å². The van der Waals surface area contributed by atoms with Crippen molar-refractivity contribution >= 4 is 28.1 Å². The first-order chi connectivity index (χ1) is 10.6. The summed E-state index contributed by atoms with van der Waals surface area (Å²) in [6, 6.07) is 9.23. The van der Waals surface area contributed by atoms with Gasteiger partial charge in [0.25, 0.3) is 5.69 Å². The summed E-state index contributed by atoms with van der Waals surface area (Å²) < 4.78 is 13.3. The van der Waals surface area contributed by atoms with E-state index in [9.17, 15) is 14.5 Å². The van der Waals surface area contributed by atoms with Gasteiger partial charge in [-0.1, -0.05) is 6.07 Å². The molecule has 110 valence electrons. The number of aryl methyl sites for hydroxylation is 1. The average molecular weight is 298 g/mol. The van der Waals surface area contributed by atoms with E-state index in [0.717, 1.165) is 0 Å². The topological polar surface area (TPSA) is 81.0 Å². The van der Waals surface area contributed by atoms with Crippen LogP contribution in [0, 0.1) is 22.9 Å². The van der Waals surface area contributed by atoms with Gasteiger partial charge in [-0.3, -0.25) is 10.1 Å². The quantitative estimate of drug-likeness (QED) is 0.588. The van der Waals surface area contributed by atoms with Gasteiger partial charge in [-0.2, -0.15) is 0 Å². The lowest BCUT2D eigenvalue weighted by molar-refractivity contribution is -0.383. The largest absolute Gasteiger partial charge is 0.340 e. The summed E-state index contributed by atoms with van der Waals surface area (Å²) in [5.74, 6) is 0.133. The Bertz CT molecular complexity index is 883. The zero-order valence-corrected chi connectivity index (χ0v) is 11.6. The number of nitro benzene ring substituents is 1. The molecular formula is C15H11FN4O2. The number of para-hydroxylation sites is 1. The number of hydrogen-bond acceptors (Lipinski definition) is 5. The highest BCUT2D eigenvalue weighted by Crippen LogP contribution is 2.29. The van der Waals surface area contributed by atoms with E-state index >= 15 is 0 Å². The van der Waals surface area contributed by atoms with Crippen LogP contribution >= 0.6 is 0 Å². The van der Waals surface area contributed by atoms with Gasteiger partial charge in [0.05, 0.1) is 10.3 Å². The summed E-state index contributed by atoms with van der Waals surface area (Å²) in [5.41, 5.74) is 1.31. The average Bonchev–Trinajstić information content (AvgIpc) is 2.50. The lowest BCUT2D eigenvalue weighted by atomic mass is 10.2. The van der Waals surface area contributed by atoms with Gasteiger partial charge < -0.3 is 5.32 Å². The zero-order valence-electron chi connectivity index (χ0n) is 11.6. The Morgan fingerprint density at radius 3 is 2.77 bits per heavy atom. The summed E-state index contributed by atoms with van der Waals surface area (Å²) >= 11 is 0. The molecule has 0 aliphatic rings. The minimum Gasteiger partial charge on any atom is -0.340 e. The van der Waals surface area contributed by atoms with E-state index in [-0.39, 0.29) is 17.0 Å². The second kappa shape index (κ2) is 5.36. The summed E-state index contributed by atoms with van der Waals surface area (Å²) in [4.78, 5) is 18.7. The van der Waals surface area contributed by atoms with Crippen LogP contribution < -0.4 is 5.32 Å². The van der Waals surface area contributed by atoms with Crippen LogP contribution in [0.5, 0.6) is 0 Å². The van der Waals surface area contributed by atoms with Gasteiger partial charge in [0.2, 0.25) is 0 Å². The van der Waals surface area contributed by atoms with Crippen LogP contribution in [0.3, 0.4) is 0 Å². The molecule has 0 saturated heterocycles. The molecule has 3 rings (SSSR count). The van der Waals surface area contributed by atoms with Crippen molar-refractivity contribution in [2.75, 3.05) is 5.32 Å². The molecule has 1 N–H and O–H groups in total. The fourth-order valence-corrected chi connectivity index (χ4v) is 2.18. The minimum absolute atomic E-state index is 0.0850. The highest BCUT2D eigenvalue weighted by atomic mass is 19.1. The highest BCUT2D eigenvalue weighted by Gasteiger charge is 2.15. The van der Waals surface area contributed by atoms with Crippen LogP contribution in [0.1, 0.15) is 5.56 Å². The Kier molecular flexibility index (Phi) is 3.38. The maximum Gasteiger partial charge on any atom is 0.295 e. The normalized spacial score (nSPS) is 10.6. The molecule has 0 aliphatic carbocycles. The van der Waals surface area contributed by atoms with E-state index in [1.165, 1.54) is 18.5 Å². The van der Waals surface area contributed by atoms with E-state index < -0.39 is 4.92 Å². The van der Waals surface area contributed by atoms with Gasteiger partial charge >= 0.3 is 0 Å². The number of nitrogens with one attached hydrogen (secondary N) is 1. The SMILES string of the molecule is Cc1cc(Nc2ncnc3c([N+](=O)[O-])cccc23)ccc1F. The van der Waals surface area contributed by atoms with Crippen molar-refractivity contribution in [3.8, 4) is 0 Å². The second-order valence-electron chi connectivity index (χ2n) is 4.74. The lowest BCUT2D eigenvalue weighted by Crippen LogP contribution is -1.99. The molecule has 7 heteroatoms. The van der Waals surface area contributed by atoms with Gasteiger partial charge in [0, 0.05) is 11.8 Å². The monoisotopic (exact) mass is 298 g/mol. The first-order valence-corrected chi connectivity index (χ1v) is 6.47. The molecule has 0 spiro atoms. The number of non-ortho nitro benzene ring substituents is 1. The molecule has 6 nitrogen and oxygen atoms in total. The molecule has 1 heterocycles. The maximum atomic E-state index is 13.3. The molecule has 0 radical (unpaired) electrons. The molecule has 2 aromatic carbocycles. The third kappa shape index (κ3) is 2.44. The number of aromatic nitrogens is 2. The van der Waals surface area contributed by atoms with Gasteiger partial charge in [-0.15, -0.1) is 0 Å². The van der Waals surface area contributed by atoms with Crippen LogP contribution in [0.2, 0.25) is 0 Å². The molecule has 0 fully saturated rings. The van der Waals surface area contributed by atoms with E-state index in [1.807, 2.05) is 0 Å². The first kappa shape index (κ1) is 13.9. The Hall–Kier alpha value is -3.09. The molecule has 0 unspecified atom stereocenters. The molecule has 1 aromatic heterocycles. The fraction of sp³-hybridized carbons (Fsp3) is 0.0667. The molecule has 22 heavy (non-hydrogen) atoms. The van der Waals surface area contributed by atoms with E-state index in [4.69, 9.17) is 0 Å². The van der Waals surface area contributed by atoms with Crippen LogP contribution in [0.4, 0.5) is 21.6 Å². The van der Waals surface area contributed by atoms with Crippen molar-refractivity contribution < 1.29 is 9.31 Å². The number of nitrogens with zero attached hydrogens (tertiary/aromatic N) is 3. The number of halogens is 1. The van der Waals surface area contributed by atoms with Crippen molar-refractivity contribution in [1.29, 1.82) is 0 Å². The smallest absolute Gasteiger partial charge is 0.295 e. The summed E-state index contributed by atoms with van der Waals surface area (Å²) in [7, 11) is 0. The number of benzene rings is 2. The summed E-state index contributed by atoms with van der Waals surface area (Å²) in [6.07, 6.45) is 1.26.